The molecule has 4 heteroatoms. The third-order valence-electron chi connectivity index (χ3n) is 2.25. The summed E-state index contributed by atoms with van der Waals surface area (Å²) in [6, 6.07) is 7.48. The van der Waals surface area contributed by atoms with Crippen LogP contribution in [0.4, 0.5) is 0 Å². The van der Waals surface area contributed by atoms with Crippen LogP contribution in [0.5, 0.6) is 0 Å². The summed E-state index contributed by atoms with van der Waals surface area (Å²) < 4.78 is 0. The van der Waals surface area contributed by atoms with Crippen molar-refractivity contribution >= 4 is 21.1 Å². The van der Waals surface area contributed by atoms with Gasteiger partial charge in [0.2, 0.25) is 0 Å². The van der Waals surface area contributed by atoms with Gasteiger partial charge in [-0.05, 0) is 37.6 Å². The van der Waals surface area contributed by atoms with Gasteiger partial charge in [0, 0.05) is 10.4 Å². The zero-order chi connectivity index (χ0) is 12.6. The molecule has 86 valence electrons. The first kappa shape index (κ1) is 12.8. The van der Waals surface area contributed by atoms with Crippen molar-refractivity contribution in [2.75, 3.05) is 0 Å². The Hall–Kier alpha value is -1.28. The highest BCUT2D eigenvalue weighted by atomic mass is 32.2. The maximum Gasteiger partial charge on any atom is 0.0992 e. The molecule has 0 aliphatic heterocycles. The van der Waals surface area contributed by atoms with E-state index in [1.54, 1.807) is 12.1 Å². The van der Waals surface area contributed by atoms with Crippen molar-refractivity contribution < 1.29 is 0 Å². The Morgan fingerprint density at radius 2 is 1.88 bits per heavy atom. The first-order valence-corrected chi connectivity index (χ1v) is 6.80. The first-order valence-electron chi connectivity index (χ1n) is 4.76. The van der Waals surface area contributed by atoms with Crippen molar-refractivity contribution in [1.29, 1.82) is 5.26 Å². The third-order valence-corrected chi connectivity index (χ3v) is 3.42. The van der Waals surface area contributed by atoms with Crippen molar-refractivity contribution in [3.63, 3.8) is 0 Å². The zero-order valence-corrected chi connectivity index (χ0v) is 10.5. The third kappa shape index (κ3) is 2.86. The molecule has 0 unspecified atom stereocenters. The van der Waals surface area contributed by atoms with E-state index >= 15 is 0 Å². The fourth-order valence-corrected chi connectivity index (χ4v) is 1.99. The van der Waals surface area contributed by atoms with Gasteiger partial charge < -0.3 is 5.73 Å². The molecule has 0 amide bonds. The van der Waals surface area contributed by atoms with Gasteiger partial charge in [-0.1, -0.05) is 11.7 Å². The summed E-state index contributed by atoms with van der Waals surface area (Å²) in [6.45, 7) is 3.76. The fraction of sp³-hybridized carbons (Fsp3) is 0.250. The van der Waals surface area contributed by atoms with Crippen LogP contribution in [0.1, 0.15) is 25.0 Å². The van der Waals surface area contributed by atoms with Crippen LogP contribution < -0.4 is 10.9 Å². The van der Waals surface area contributed by atoms with Gasteiger partial charge in [-0.3, -0.25) is 5.14 Å². The summed E-state index contributed by atoms with van der Waals surface area (Å²) in [6.07, 6.45) is 0. The summed E-state index contributed by atoms with van der Waals surface area (Å²) in [4.78, 5) is 0.792. The van der Waals surface area contributed by atoms with Crippen molar-refractivity contribution in [1.82, 2.24) is 0 Å². The van der Waals surface area contributed by atoms with Crippen LogP contribution >= 0.6 is 9.39 Å². The highest BCUT2D eigenvalue weighted by molar-refractivity contribution is 8.26. The van der Waals surface area contributed by atoms with Crippen LogP contribution in [0.25, 0.3) is 0 Å². The van der Waals surface area contributed by atoms with E-state index in [4.69, 9.17) is 16.1 Å². The molecule has 0 heterocycles. The summed E-state index contributed by atoms with van der Waals surface area (Å²) in [5.74, 6) is 7.68. The lowest BCUT2D eigenvalue weighted by Gasteiger charge is -2.21. The molecular formula is C12H17N3S. The minimum absolute atomic E-state index is 0.508. The van der Waals surface area contributed by atoms with Crippen molar-refractivity contribution in [3.05, 3.63) is 29.3 Å². The molecule has 16 heavy (non-hydrogen) atoms. The zero-order valence-electron chi connectivity index (χ0n) is 9.66. The topological polar surface area (TPSA) is 75.8 Å². The number of nitriles is 1. The molecule has 4 N–H and O–H groups in total. The predicted octanol–water partition coefficient (Wildman–Crippen LogP) is 1.65. The normalized spacial score (nSPS) is 12.2. The summed E-state index contributed by atoms with van der Waals surface area (Å²) in [7, 11) is -1.82. The van der Waals surface area contributed by atoms with Gasteiger partial charge in [0.25, 0.3) is 0 Å². The molecule has 0 aromatic heterocycles. The Kier molecular flexibility index (Phi) is 3.15. The fourth-order valence-electron chi connectivity index (χ4n) is 1.27. The van der Waals surface area contributed by atoms with Gasteiger partial charge in [-0.15, -0.1) is 9.39 Å². The molecule has 0 saturated carbocycles. The molecule has 1 aromatic rings. The number of nitrogens with zero attached hydrogens (tertiary/aromatic N) is 1. The molecule has 0 atom stereocenters. The Bertz CT molecular complexity index is 543. The van der Waals surface area contributed by atoms with Crippen molar-refractivity contribution in [2.24, 2.45) is 10.9 Å². The van der Waals surface area contributed by atoms with E-state index in [1.165, 1.54) is 0 Å². The number of hydrogen-bond acceptors (Lipinski definition) is 3. The predicted molar refractivity (Wildman–Crippen MR) is 72.7 cm³/mol. The van der Waals surface area contributed by atoms with Crippen LogP contribution in [0, 0.1) is 11.3 Å². The Morgan fingerprint density at radius 1 is 1.31 bits per heavy atom. The molecule has 0 aliphatic rings. The monoisotopic (exact) mass is 235 g/mol. The lowest BCUT2D eigenvalue weighted by molar-refractivity contribution is 0.553. The number of nitrogens with two attached hydrogens (primary N) is 2. The first-order chi connectivity index (χ1) is 7.14. The van der Waals surface area contributed by atoms with Crippen LogP contribution in [0.2, 0.25) is 0 Å². The van der Waals surface area contributed by atoms with Gasteiger partial charge >= 0.3 is 0 Å². The number of benzene rings is 1. The highest BCUT2D eigenvalue weighted by Gasteiger charge is 2.16. The molecule has 0 radical (unpaired) electrons. The minimum atomic E-state index is -1.82. The molecule has 0 fully saturated rings. The standard InChI is InChI=1S/C12H17N3S/c1-12(2,14)10-5-9(8-13)6-11(7-10)16(3,4)15/h5-7H,3-4,14-15H2,1-2H3. The SMILES string of the molecule is C=S(=C)(N)c1cc(C#N)cc(C(C)(C)N)c1. The molecular weight excluding hydrogens is 218 g/mol. The Labute approximate surface area is 97.3 Å². The molecule has 1 rings (SSSR count). The number of hydrogen-bond donors (Lipinski definition) is 2. The van der Waals surface area contributed by atoms with Gasteiger partial charge in [-0.25, -0.2) is 0 Å². The average Bonchev–Trinajstić information content (AvgIpc) is 2.14. The van der Waals surface area contributed by atoms with E-state index in [0.29, 0.717) is 5.56 Å². The second kappa shape index (κ2) is 3.95. The lowest BCUT2D eigenvalue weighted by atomic mass is 9.94. The van der Waals surface area contributed by atoms with E-state index < -0.39 is 14.9 Å². The molecule has 3 nitrogen and oxygen atoms in total. The number of rotatable bonds is 2. The van der Waals surface area contributed by atoms with E-state index in [9.17, 15) is 0 Å². The second-order valence-corrected chi connectivity index (χ2v) is 6.88. The molecule has 0 aliphatic carbocycles. The Morgan fingerprint density at radius 3 is 2.25 bits per heavy atom. The highest BCUT2D eigenvalue weighted by Crippen LogP contribution is 2.29. The maximum absolute atomic E-state index is 8.95. The van der Waals surface area contributed by atoms with E-state index in [2.05, 4.69) is 17.8 Å². The Balaban J connectivity index is 3.53. The van der Waals surface area contributed by atoms with Crippen molar-refractivity contribution in [3.8, 4) is 6.07 Å². The van der Waals surface area contributed by atoms with Gasteiger partial charge in [0.15, 0.2) is 0 Å². The summed E-state index contributed by atoms with van der Waals surface area (Å²) in [5.41, 5.74) is 6.92. The molecule has 1 aromatic carbocycles. The summed E-state index contributed by atoms with van der Waals surface area (Å²) in [5, 5.41) is 14.9. The van der Waals surface area contributed by atoms with Crippen LogP contribution in [0.15, 0.2) is 23.1 Å². The van der Waals surface area contributed by atoms with Crippen LogP contribution in [0.3, 0.4) is 0 Å². The lowest BCUT2D eigenvalue weighted by Crippen LogP contribution is -2.28. The van der Waals surface area contributed by atoms with E-state index in [1.807, 2.05) is 19.9 Å². The van der Waals surface area contributed by atoms with Gasteiger partial charge in [-0.2, -0.15) is 5.26 Å². The van der Waals surface area contributed by atoms with E-state index in [-0.39, 0.29) is 0 Å². The quantitative estimate of drug-likeness (QED) is 0.765. The smallest absolute Gasteiger partial charge is 0.0992 e. The van der Waals surface area contributed by atoms with Gasteiger partial charge in [0.1, 0.15) is 0 Å². The minimum Gasteiger partial charge on any atom is -0.322 e. The average molecular weight is 235 g/mol. The van der Waals surface area contributed by atoms with E-state index in [0.717, 1.165) is 10.5 Å². The largest absolute Gasteiger partial charge is 0.322 e. The van der Waals surface area contributed by atoms with Gasteiger partial charge in [0.05, 0.1) is 11.6 Å². The molecule has 0 saturated heterocycles. The summed E-state index contributed by atoms with van der Waals surface area (Å²) >= 11 is 0. The van der Waals surface area contributed by atoms with Crippen molar-refractivity contribution in [2.45, 2.75) is 24.3 Å². The second-order valence-electron chi connectivity index (χ2n) is 4.52. The maximum atomic E-state index is 8.95. The molecule has 0 bridgehead atoms. The van der Waals surface area contributed by atoms with Crippen LogP contribution in [-0.4, -0.2) is 11.7 Å². The van der Waals surface area contributed by atoms with Crippen LogP contribution in [-0.2, 0) is 5.54 Å². The molecule has 0 spiro atoms.